The highest BCUT2D eigenvalue weighted by Gasteiger charge is 2.25. The predicted molar refractivity (Wildman–Crippen MR) is 99.1 cm³/mol. The average molecular weight is 327 g/mol. The van der Waals surface area contributed by atoms with E-state index in [1.807, 2.05) is 0 Å². The van der Waals surface area contributed by atoms with Gasteiger partial charge >= 0.3 is 0 Å². The summed E-state index contributed by atoms with van der Waals surface area (Å²) in [6, 6.07) is 8.85. The number of piperidine rings is 1. The molecule has 4 heteroatoms. The Kier molecular flexibility index (Phi) is 5.24. The van der Waals surface area contributed by atoms with Gasteiger partial charge in [-0.05, 0) is 58.0 Å². The van der Waals surface area contributed by atoms with Crippen molar-refractivity contribution in [2.75, 3.05) is 26.7 Å². The van der Waals surface area contributed by atoms with E-state index in [9.17, 15) is 4.79 Å². The molecule has 4 nitrogen and oxygen atoms in total. The molecule has 0 atom stereocenters. The number of likely N-dealkylation sites (tertiary alicyclic amines) is 1. The summed E-state index contributed by atoms with van der Waals surface area (Å²) < 4.78 is 2.16. The first-order valence-electron chi connectivity index (χ1n) is 9.11. The van der Waals surface area contributed by atoms with Crippen LogP contribution in [0.15, 0.2) is 30.5 Å². The first kappa shape index (κ1) is 17.0. The Balaban J connectivity index is 1.65. The van der Waals surface area contributed by atoms with Gasteiger partial charge in [0, 0.05) is 43.2 Å². The number of carbonyl (C=O) groups excluding carboxylic acids is 1. The van der Waals surface area contributed by atoms with Crippen LogP contribution in [0.3, 0.4) is 0 Å². The van der Waals surface area contributed by atoms with Crippen LogP contribution in [0.25, 0.3) is 10.9 Å². The standard InChI is InChI=1S/C20H29N3O/c1-4-23(17-11-13-21(2)14-12-17)20(24)10-9-16-15-22(3)19-8-6-5-7-18(16)19/h5-8,15,17H,4,9-14H2,1-3H3. The van der Waals surface area contributed by atoms with Crippen molar-refractivity contribution in [2.24, 2.45) is 7.05 Å². The second-order valence-corrected chi connectivity index (χ2v) is 7.00. The summed E-state index contributed by atoms with van der Waals surface area (Å²) in [6.07, 6.45) is 5.80. The largest absolute Gasteiger partial charge is 0.350 e. The summed E-state index contributed by atoms with van der Waals surface area (Å²) in [5.74, 6) is 0.306. The van der Waals surface area contributed by atoms with Crippen LogP contribution >= 0.6 is 0 Å². The maximum atomic E-state index is 12.8. The predicted octanol–water partition coefficient (Wildman–Crippen LogP) is 3.05. The number of fused-ring (bicyclic) bond motifs is 1. The number of nitrogens with zero attached hydrogens (tertiary/aromatic N) is 3. The van der Waals surface area contributed by atoms with E-state index in [0.717, 1.165) is 38.9 Å². The summed E-state index contributed by atoms with van der Waals surface area (Å²) in [5, 5.41) is 1.27. The fraction of sp³-hybridized carbons (Fsp3) is 0.550. The third-order valence-electron chi connectivity index (χ3n) is 5.38. The van der Waals surface area contributed by atoms with E-state index in [2.05, 4.69) is 65.8 Å². The van der Waals surface area contributed by atoms with Gasteiger partial charge in [-0.15, -0.1) is 0 Å². The molecule has 1 amide bonds. The van der Waals surface area contributed by atoms with Crippen molar-refractivity contribution >= 4 is 16.8 Å². The number of aromatic nitrogens is 1. The minimum atomic E-state index is 0.306. The molecule has 0 unspecified atom stereocenters. The van der Waals surface area contributed by atoms with Crippen molar-refractivity contribution in [1.29, 1.82) is 0 Å². The highest BCUT2D eigenvalue weighted by Crippen LogP contribution is 2.22. The van der Waals surface area contributed by atoms with Crippen molar-refractivity contribution in [2.45, 2.75) is 38.6 Å². The smallest absolute Gasteiger partial charge is 0.223 e. The van der Waals surface area contributed by atoms with Crippen LogP contribution in [0, 0.1) is 0 Å². The normalized spacial score (nSPS) is 16.6. The fourth-order valence-corrected chi connectivity index (χ4v) is 3.95. The van der Waals surface area contributed by atoms with Gasteiger partial charge in [-0.2, -0.15) is 0 Å². The molecule has 3 rings (SSSR count). The molecule has 1 aromatic carbocycles. The molecule has 1 fully saturated rings. The number of aryl methyl sites for hydroxylation is 2. The number of para-hydroxylation sites is 1. The highest BCUT2D eigenvalue weighted by atomic mass is 16.2. The van der Waals surface area contributed by atoms with E-state index in [1.165, 1.54) is 16.5 Å². The second-order valence-electron chi connectivity index (χ2n) is 7.00. The van der Waals surface area contributed by atoms with Crippen LogP contribution in [-0.2, 0) is 18.3 Å². The lowest BCUT2D eigenvalue weighted by molar-refractivity contribution is -0.134. The Labute approximate surface area is 145 Å². The van der Waals surface area contributed by atoms with E-state index < -0.39 is 0 Å². The van der Waals surface area contributed by atoms with E-state index in [0.29, 0.717) is 18.4 Å². The molecular formula is C20H29N3O. The zero-order valence-electron chi connectivity index (χ0n) is 15.2. The number of hydrogen-bond donors (Lipinski definition) is 0. The molecule has 1 aromatic heterocycles. The third-order valence-corrected chi connectivity index (χ3v) is 5.38. The molecule has 2 heterocycles. The molecule has 0 N–H and O–H groups in total. The molecule has 0 aliphatic carbocycles. The monoisotopic (exact) mass is 327 g/mol. The number of amides is 1. The molecule has 0 saturated carbocycles. The van der Waals surface area contributed by atoms with E-state index >= 15 is 0 Å². The minimum Gasteiger partial charge on any atom is -0.350 e. The van der Waals surface area contributed by atoms with Gasteiger partial charge in [0.1, 0.15) is 0 Å². The van der Waals surface area contributed by atoms with E-state index in [-0.39, 0.29) is 0 Å². The quantitative estimate of drug-likeness (QED) is 0.844. The van der Waals surface area contributed by atoms with Crippen molar-refractivity contribution in [3.8, 4) is 0 Å². The SMILES string of the molecule is CCN(C(=O)CCc1cn(C)c2ccccc12)C1CCN(C)CC1. The molecule has 2 aromatic rings. The molecule has 24 heavy (non-hydrogen) atoms. The van der Waals surface area contributed by atoms with Gasteiger partial charge in [0.2, 0.25) is 5.91 Å². The summed E-state index contributed by atoms with van der Waals surface area (Å²) >= 11 is 0. The molecule has 1 saturated heterocycles. The summed E-state index contributed by atoms with van der Waals surface area (Å²) in [5.41, 5.74) is 2.52. The van der Waals surface area contributed by atoms with Crippen molar-refractivity contribution in [1.82, 2.24) is 14.4 Å². The molecule has 0 radical (unpaired) electrons. The zero-order valence-corrected chi connectivity index (χ0v) is 15.2. The Bertz CT molecular complexity index is 698. The van der Waals surface area contributed by atoms with Crippen molar-refractivity contribution in [3.05, 3.63) is 36.0 Å². The maximum Gasteiger partial charge on any atom is 0.223 e. The van der Waals surface area contributed by atoms with E-state index in [1.54, 1.807) is 0 Å². The van der Waals surface area contributed by atoms with Gasteiger partial charge < -0.3 is 14.4 Å². The van der Waals surface area contributed by atoms with Crippen LogP contribution in [0.2, 0.25) is 0 Å². The lowest BCUT2D eigenvalue weighted by Gasteiger charge is -2.37. The maximum absolute atomic E-state index is 12.8. The fourth-order valence-electron chi connectivity index (χ4n) is 3.95. The van der Waals surface area contributed by atoms with Crippen LogP contribution in [0.1, 0.15) is 31.7 Å². The van der Waals surface area contributed by atoms with Gasteiger partial charge in [-0.1, -0.05) is 18.2 Å². The van der Waals surface area contributed by atoms with Gasteiger partial charge in [0.25, 0.3) is 0 Å². The van der Waals surface area contributed by atoms with Gasteiger partial charge in [0.15, 0.2) is 0 Å². The Morgan fingerprint density at radius 3 is 2.62 bits per heavy atom. The van der Waals surface area contributed by atoms with Crippen molar-refractivity contribution in [3.63, 3.8) is 0 Å². The minimum absolute atomic E-state index is 0.306. The Hall–Kier alpha value is -1.81. The zero-order chi connectivity index (χ0) is 17.1. The third kappa shape index (κ3) is 3.48. The first-order valence-corrected chi connectivity index (χ1v) is 9.11. The van der Waals surface area contributed by atoms with Gasteiger partial charge in [-0.3, -0.25) is 4.79 Å². The number of rotatable bonds is 5. The summed E-state index contributed by atoms with van der Waals surface area (Å²) in [6.45, 7) is 5.12. The number of benzene rings is 1. The topological polar surface area (TPSA) is 28.5 Å². The Morgan fingerprint density at radius 2 is 1.92 bits per heavy atom. The van der Waals surface area contributed by atoms with Crippen LogP contribution < -0.4 is 0 Å². The first-order chi connectivity index (χ1) is 11.6. The summed E-state index contributed by atoms with van der Waals surface area (Å²) in [4.78, 5) is 17.2. The molecule has 1 aliphatic heterocycles. The van der Waals surface area contributed by atoms with Gasteiger partial charge in [-0.25, -0.2) is 0 Å². The summed E-state index contributed by atoms with van der Waals surface area (Å²) in [7, 11) is 4.24. The Morgan fingerprint density at radius 1 is 1.21 bits per heavy atom. The second kappa shape index (κ2) is 7.39. The molecule has 1 aliphatic rings. The molecule has 0 bridgehead atoms. The van der Waals surface area contributed by atoms with Gasteiger partial charge in [0.05, 0.1) is 0 Å². The van der Waals surface area contributed by atoms with Crippen molar-refractivity contribution < 1.29 is 4.79 Å². The number of carbonyl (C=O) groups is 1. The lowest BCUT2D eigenvalue weighted by Crippen LogP contribution is -2.46. The average Bonchev–Trinajstić information content (AvgIpc) is 2.92. The molecular weight excluding hydrogens is 298 g/mol. The number of hydrogen-bond acceptors (Lipinski definition) is 2. The van der Waals surface area contributed by atoms with Crippen LogP contribution in [0.4, 0.5) is 0 Å². The highest BCUT2D eigenvalue weighted by molar-refractivity contribution is 5.85. The van der Waals surface area contributed by atoms with Crippen LogP contribution in [-0.4, -0.2) is 53.0 Å². The lowest BCUT2D eigenvalue weighted by atomic mass is 10.0. The molecule has 0 spiro atoms. The van der Waals surface area contributed by atoms with E-state index in [4.69, 9.17) is 0 Å². The molecule has 130 valence electrons. The van der Waals surface area contributed by atoms with Crippen LogP contribution in [0.5, 0.6) is 0 Å².